The van der Waals surface area contributed by atoms with Crippen molar-refractivity contribution in [3.05, 3.63) is 11.6 Å². The summed E-state index contributed by atoms with van der Waals surface area (Å²) < 4.78 is 0. The van der Waals surface area contributed by atoms with E-state index in [1.165, 1.54) is 12.8 Å². The maximum atomic E-state index is 10.8. The van der Waals surface area contributed by atoms with E-state index in [0.717, 1.165) is 37.0 Å². The van der Waals surface area contributed by atoms with Gasteiger partial charge in [0.1, 0.15) is 6.29 Å². The molecule has 0 aromatic rings. The minimum absolute atomic E-state index is 0.684. The van der Waals surface area contributed by atoms with Crippen molar-refractivity contribution in [2.75, 3.05) is 0 Å². The van der Waals surface area contributed by atoms with Crippen molar-refractivity contribution in [2.45, 2.75) is 59.8 Å². The first kappa shape index (κ1) is 14.4. The standard InChI is InChI=1S/C14H26O/c1-12(2)7-5-6-8-14(11-15)10-9-13(3)4/h8,11-13H,5-7,9-10H2,1-4H3. The first-order chi connectivity index (χ1) is 7.06. The Morgan fingerprint density at radius 3 is 2.13 bits per heavy atom. The molecule has 0 fully saturated rings. The lowest BCUT2D eigenvalue weighted by Gasteiger charge is -2.04. The summed E-state index contributed by atoms with van der Waals surface area (Å²) in [5, 5.41) is 0. The fourth-order valence-corrected chi connectivity index (χ4v) is 1.48. The summed E-state index contributed by atoms with van der Waals surface area (Å²) >= 11 is 0. The summed E-state index contributed by atoms with van der Waals surface area (Å²) in [6, 6.07) is 0. The number of aldehydes is 1. The lowest BCUT2D eigenvalue weighted by atomic mass is 10.0. The van der Waals surface area contributed by atoms with Gasteiger partial charge in [0, 0.05) is 0 Å². The van der Waals surface area contributed by atoms with Crippen LogP contribution < -0.4 is 0 Å². The topological polar surface area (TPSA) is 17.1 Å². The molecule has 0 aliphatic carbocycles. The molecule has 1 nitrogen and oxygen atoms in total. The zero-order chi connectivity index (χ0) is 11.7. The van der Waals surface area contributed by atoms with Gasteiger partial charge in [-0.2, -0.15) is 0 Å². The van der Waals surface area contributed by atoms with E-state index in [2.05, 4.69) is 33.8 Å². The van der Waals surface area contributed by atoms with Gasteiger partial charge in [-0.3, -0.25) is 4.79 Å². The summed E-state index contributed by atoms with van der Waals surface area (Å²) in [5.41, 5.74) is 0.993. The van der Waals surface area contributed by atoms with Gasteiger partial charge in [-0.1, -0.05) is 40.2 Å². The zero-order valence-electron chi connectivity index (χ0n) is 10.8. The molecule has 0 amide bonds. The predicted octanol–water partition coefficient (Wildman–Crippen LogP) is 4.37. The molecule has 15 heavy (non-hydrogen) atoms. The predicted molar refractivity (Wildman–Crippen MR) is 66.9 cm³/mol. The molecule has 0 rings (SSSR count). The number of allylic oxidation sites excluding steroid dienone is 2. The molecule has 0 spiro atoms. The van der Waals surface area contributed by atoms with Gasteiger partial charge in [0.05, 0.1) is 0 Å². The minimum atomic E-state index is 0.684. The summed E-state index contributed by atoms with van der Waals surface area (Å²) in [6.07, 6.45) is 8.74. The Kier molecular flexibility index (Phi) is 8.35. The van der Waals surface area contributed by atoms with E-state index in [-0.39, 0.29) is 0 Å². The van der Waals surface area contributed by atoms with Crippen molar-refractivity contribution in [1.82, 2.24) is 0 Å². The fourth-order valence-electron chi connectivity index (χ4n) is 1.48. The Morgan fingerprint density at radius 2 is 1.67 bits per heavy atom. The van der Waals surface area contributed by atoms with Crippen LogP contribution in [0.4, 0.5) is 0 Å². The summed E-state index contributed by atoms with van der Waals surface area (Å²) in [6.45, 7) is 8.87. The second kappa shape index (κ2) is 8.70. The molecular weight excluding hydrogens is 184 g/mol. The van der Waals surface area contributed by atoms with Crippen molar-refractivity contribution in [3.63, 3.8) is 0 Å². The molecule has 0 atom stereocenters. The van der Waals surface area contributed by atoms with Gasteiger partial charge < -0.3 is 0 Å². The van der Waals surface area contributed by atoms with Crippen LogP contribution in [0, 0.1) is 11.8 Å². The van der Waals surface area contributed by atoms with Gasteiger partial charge in [0.15, 0.2) is 0 Å². The van der Waals surface area contributed by atoms with Crippen molar-refractivity contribution in [3.8, 4) is 0 Å². The second-order valence-corrected chi connectivity index (χ2v) is 5.15. The molecule has 0 saturated carbocycles. The van der Waals surface area contributed by atoms with Crippen LogP contribution in [0.5, 0.6) is 0 Å². The largest absolute Gasteiger partial charge is 0.298 e. The average molecular weight is 210 g/mol. The van der Waals surface area contributed by atoms with E-state index in [0.29, 0.717) is 5.92 Å². The van der Waals surface area contributed by atoms with Crippen LogP contribution in [-0.4, -0.2) is 6.29 Å². The number of carbonyl (C=O) groups excluding carboxylic acids is 1. The highest BCUT2D eigenvalue weighted by molar-refractivity contribution is 5.72. The molecule has 0 aliphatic heterocycles. The van der Waals surface area contributed by atoms with Gasteiger partial charge in [-0.15, -0.1) is 0 Å². The number of hydrogen-bond donors (Lipinski definition) is 0. The molecule has 0 radical (unpaired) electrons. The lowest BCUT2D eigenvalue weighted by molar-refractivity contribution is -0.105. The molecule has 0 bridgehead atoms. The van der Waals surface area contributed by atoms with E-state index in [9.17, 15) is 4.79 Å². The molecule has 0 N–H and O–H groups in total. The van der Waals surface area contributed by atoms with Gasteiger partial charge in [0.2, 0.25) is 0 Å². The number of unbranched alkanes of at least 4 members (excludes halogenated alkanes) is 1. The fraction of sp³-hybridized carbons (Fsp3) is 0.786. The summed E-state index contributed by atoms with van der Waals surface area (Å²) in [4.78, 5) is 10.8. The van der Waals surface area contributed by atoms with Crippen molar-refractivity contribution in [2.24, 2.45) is 11.8 Å². The van der Waals surface area contributed by atoms with Crippen molar-refractivity contribution in [1.29, 1.82) is 0 Å². The van der Waals surface area contributed by atoms with Crippen LogP contribution in [0.1, 0.15) is 59.8 Å². The van der Waals surface area contributed by atoms with E-state index in [4.69, 9.17) is 0 Å². The maximum absolute atomic E-state index is 10.8. The van der Waals surface area contributed by atoms with Gasteiger partial charge in [0.25, 0.3) is 0 Å². The third-order valence-electron chi connectivity index (χ3n) is 2.55. The van der Waals surface area contributed by atoms with E-state index in [1.54, 1.807) is 0 Å². The third kappa shape index (κ3) is 9.71. The molecule has 1 heteroatoms. The van der Waals surface area contributed by atoms with Crippen LogP contribution in [-0.2, 0) is 4.79 Å². The minimum Gasteiger partial charge on any atom is -0.298 e. The van der Waals surface area contributed by atoms with Crippen molar-refractivity contribution >= 4 is 6.29 Å². The van der Waals surface area contributed by atoms with Gasteiger partial charge >= 0.3 is 0 Å². The first-order valence-corrected chi connectivity index (χ1v) is 6.20. The Balaban J connectivity index is 3.74. The normalized spacial score (nSPS) is 12.5. The average Bonchev–Trinajstić information content (AvgIpc) is 2.16. The van der Waals surface area contributed by atoms with E-state index >= 15 is 0 Å². The van der Waals surface area contributed by atoms with Crippen LogP contribution in [0.25, 0.3) is 0 Å². The Hall–Kier alpha value is -0.590. The molecule has 0 aromatic carbocycles. The molecule has 0 aromatic heterocycles. The highest BCUT2D eigenvalue weighted by Gasteiger charge is 1.99. The highest BCUT2D eigenvalue weighted by Crippen LogP contribution is 2.12. The van der Waals surface area contributed by atoms with Gasteiger partial charge in [-0.25, -0.2) is 0 Å². The Bertz CT molecular complexity index is 190. The number of hydrogen-bond acceptors (Lipinski definition) is 1. The molecule has 0 aliphatic rings. The number of rotatable bonds is 8. The smallest absolute Gasteiger partial charge is 0.145 e. The van der Waals surface area contributed by atoms with Crippen LogP contribution in [0.2, 0.25) is 0 Å². The second-order valence-electron chi connectivity index (χ2n) is 5.15. The zero-order valence-corrected chi connectivity index (χ0v) is 10.8. The molecule has 0 saturated heterocycles. The Morgan fingerprint density at radius 1 is 1.07 bits per heavy atom. The first-order valence-electron chi connectivity index (χ1n) is 6.20. The summed E-state index contributed by atoms with van der Waals surface area (Å²) in [5.74, 6) is 1.46. The molecule has 0 heterocycles. The summed E-state index contributed by atoms with van der Waals surface area (Å²) in [7, 11) is 0. The monoisotopic (exact) mass is 210 g/mol. The van der Waals surface area contributed by atoms with Crippen LogP contribution >= 0.6 is 0 Å². The third-order valence-corrected chi connectivity index (χ3v) is 2.55. The lowest BCUT2D eigenvalue weighted by Crippen LogP contribution is -1.92. The Labute approximate surface area is 95.0 Å². The molecular formula is C14H26O. The number of carbonyl (C=O) groups is 1. The highest BCUT2D eigenvalue weighted by atomic mass is 16.1. The molecule has 0 unspecified atom stereocenters. The molecule has 88 valence electrons. The van der Waals surface area contributed by atoms with Crippen molar-refractivity contribution < 1.29 is 4.79 Å². The van der Waals surface area contributed by atoms with E-state index < -0.39 is 0 Å². The van der Waals surface area contributed by atoms with Gasteiger partial charge in [-0.05, 0) is 43.1 Å². The van der Waals surface area contributed by atoms with Crippen LogP contribution in [0.3, 0.4) is 0 Å². The van der Waals surface area contributed by atoms with Crippen LogP contribution in [0.15, 0.2) is 11.6 Å². The van der Waals surface area contributed by atoms with E-state index in [1.807, 2.05) is 0 Å². The SMILES string of the molecule is CC(C)CCCC=C(C=O)CCC(C)C. The quantitative estimate of drug-likeness (QED) is 0.330. The maximum Gasteiger partial charge on any atom is 0.145 e.